The molecule has 6 nitrogen and oxygen atoms in total. The van der Waals surface area contributed by atoms with Crippen LogP contribution in [-0.2, 0) is 9.59 Å². The fourth-order valence-corrected chi connectivity index (χ4v) is 1.88. The first kappa shape index (κ1) is 13.4. The van der Waals surface area contributed by atoms with E-state index in [0.717, 1.165) is 17.0 Å². The van der Waals surface area contributed by atoms with Gasteiger partial charge in [-0.25, -0.2) is 0 Å². The van der Waals surface area contributed by atoms with Crippen molar-refractivity contribution in [2.24, 2.45) is 0 Å². The first-order valence-electron chi connectivity index (χ1n) is 6.05. The number of piperazine rings is 1. The second kappa shape index (κ2) is 5.71. The molecule has 3 N–H and O–H groups in total. The minimum Gasteiger partial charge on any atom is -0.497 e. The van der Waals surface area contributed by atoms with Crippen molar-refractivity contribution in [1.82, 2.24) is 10.6 Å². The molecule has 0 radical (unpaired) electrons. The summed E-state index contributed by atoms with van der Waals surface area (Å²) in [7, 11) is 1.60. The zero-order valence-corrected chi connectivity index (χ0v) is 10.9. The van der Waals surface area contributed by atoms with Crippen LogP contribution in [0.3, 0.4) is 0 Å². The lowest BCUT2D eigenvalue weighted by molar-refractivity contribution is -0.124. The van der Waals surface area contributed by atoms with Crippen LogP contribution in [0.4, 0.5) is 5.69 Å². The third kappa shape index (κ3) is 3.23. The van der Waals surface area contributed by atoms with E-state index >= 15 is 0 Å². The molecule has 102 valence electrons. The molecule has 1 atom stereocenters. The summed E-state index contributed by atoms with van der Waals surface area (Å²) in [5.74, 6) is 0.497. The minimum absolute atomic E-state index is 0.0929. The van der Waals surface area contributed by atoms with Gasteiger partial charge in [-0.1, -0.05) is 0 Å². The maximum Gasteiger partial charge on any atom is 0.243 e. The monoisotopic (exact) mass is 263 g/mol. The molecule has 1 aromatic rings. The van der Waals surface area contributed by atoms with Crippen molar-refractivity contribution in [3.8, 4) is 5.75 Å². The molecule has 2 amide bonds. The van der Waals surface area contributed by atoms with E-state index in [4.69, 9.17) is 4.74 Å². The van der Waals surface area contributed by atoms with Gasteiger partial charge in [-0.3, -0.25) is 14.9 Å². The quantitative estimate of drug-likeness (QED) is 0.719. The van der Waals surface area contributed by atoms with Gasteiger partial charge in [0, 0.05) is 12.2 Å². The second-order valence-corrected chi connectivity index (χ2v) is 4.41. The van der Waals surface area contributed by atoms with Crippen molar-refractivity contribution >= 4 is 17.5 Å². The summed E-state index contributed by atoms with van der Waals surface area (Å²) in [4.78, 5) is 23.0. The Balaban J connectivity index is 2.00. The highest BCUT2D eigenvalue weighted by molar-refractivity contribution is 5.97. The number of carbonyl (C=O) groups is 2. The number of aryl methyl sites for hydroxylation is 1. The largest absolute Gasteiger partial charge is 0.497 e. The molecule has 6 heteroatoms. The Morgan fingerprint density at radius 2 is 2.26 bits per heavy atom. The molecule has 2 rings (SSSR count). The molecule has 0 aliphatic carbocycles. The van der Waals surface area contributed by atoms with E-state index in [1.807, 2.05) is 13.0 Å². The normalized spacial score (nSPS) is 18.6. The van der Waals surface area contributed by atoms with Crippen molar-refractivity contribution in [3.05, 3.63) is 23.8 Å². The standard InChI is InChI=1S/C13H17N3O3/c1-8-5-9(19-2)3-4-10(8)16-13(18)11-6-15-12(17)7-14-11/h3-5,11,14H,6-7H2,1-2H3,(H,15,17)(H,16,18). The van der Waals surface area contributed by atoms with Crippen LogP contribution in [0.2, 0.25) is 0 Å². The molecular weight excluding hydrogens is 246 g/mol. The number of rotatable bonds is 3. The van der Waals surface area contributed by atoms with Crippen molar-refractivity contribution in [2.45, 2.75) is 13.0 Å². The van der Waals surface area contributed by atoms with Crippen molar-refractivity contribution in [3.63, 3.8) is 0 Å². The molecule has 1 aromatic carbocycles. The maximum atomic E-state index is 12.0. The van der Waals surface area contributed by atoms with Crippen LogP contribution in [0.1, 0.15) is 5.56 Å². The average Bonchev–Trinajstić information content (AvgIpc) is 2.41. The number of anilines is 1. The Bertz CT molecular complexity index is 492. The number of ether oxygens (including phenoxy) is 1. The highest BCUT2D eigenvalue weighted by Crippen LogP contribution is 2.21. The van der Waals surface area contributed by atoms with Crippen LogP contribution in [0.15, 0.2) is 18.2 Å². The third-order valence-corrected chi connectivity index (χ3v) is 3.02. The molecule has 19 heavy (non-hydrogen) atoms. The predicted octanol–water partition coefficient (Wildman–Crippen LogP) is 0.0301. The Morgan fingerprint density at radius 1 is 1.47 bits per heavy atom. The summed E-state index contributed by atoms with van der Waals surface area (Å²) in [5, 5.41) is 8.37. The zero-order chi connectivity index (χ0) is 13.8. The zero-order valence-electron chi connectivity index (χ0n) is 10.9. The van der Waals surface area contributed by atoms with Crippen molar-refractivity contribution in [2.75, 3.05) is 25.5 Å². The fraction of sp³-hybridized carbons (Fsp3) is 0.385. The van der Waals surface area contributed by atoms with E-state index in [2.05, 4.69) is 16.0 Å². The number of nitrogens with one attached hydrogen (secondary N) is 3. The van der Waals surface area contributed by atoms with E-state index in [-0.39, 0.29) is 18.4 Å². The average molecular weight is 263 g/mol. The van der Waals surface area contributed by atoms with Gasteiger partial charge in [-0.05, 0) is 30.7 Å². The van der Waals surface area contributed by atoms with Crippen LogP contribution in [-0.4, -0.2) is 38.1 Å². The highest BCUT2D eigenvalue weighted by atomic mass is 16.5. The summed E-state index contributed by atoms with van der Waals surface area (Å²) in [5.41, 5.74) is 1.66. The van der Waals surface area contributed by atoms with Gasteiger partial charge < -0.3 is 15.4 Å². The molecular formula is C13H17N3O3. The first-order valence-corrected chi connectivity index (χ1v) is 6.05. The van der Waals surface area contributed by atoms with Crippen molar-refractivity contribution < 1.29 is 14.3 Å². The fourth-order valence-electron chi connectivity index (χ4n) is 1.88. The molecule has 0 bridgehead atoms. The lowest BCUT2D eigenvalue weighted by atomic mass is 10.1. The topological polar surface area (TPSA) is 79.5 Å². The lowest BCUT2D eigenvalue weighted by Gasteiger charge is -2.23. The van der Waals surface area contributed by atoms with Gasteiger partial charge in [-0.2, -0.15) is 0 Å². The van der Waals surface area contributed by atoms with Gasteiger partial charge in [0.1, 0.15) is 11.8 Å². The van der Waals surface area contributed by atoms with Crippen LogP contribution >= 0.6 is 0 Å². The smallest absolute Gasteiger partial charge is 0.243 e. The highest BCUT2D eigenvalue weighted by Gasteiger charge is 2.23. The molecule has 1 heterocycles. The van der Waals surface area contributed by atoms with Gasteiger partial charge in [0.05, 0.1) is 13.7 Å². The summed E-state index contributed by atoms with van der Waals surface area (Å²) < 4.78 is 5.11. The van der Waals surface area contributed by atoms with Gasteiger partial charge in [0.15, 0.2) is 0 Å². The number of hydrogen-bond acceptors (Lipinski definition) is 4. The molecule has 1 saturated heterocycles. The Kier molecular flexibility index (Phi) is 4.01. The number of benzene rings is 1. The Morgan fingerprint density at radius 3 is 2.84 bits per heavy atom. The summed E-state index contributed by atoms with van der Waals surface area (Å²) in [6.07, 6.45) is 0. The van der Waals surface area contributed by atoms with E-state index in [0.29, 0.717) is 6.54 Å². The van der Waals surface area contributed by atoms with Crippen LogP contribution in [0.5, 0.6) is 5.75 Å². The SMILES string of the molecule is COc1ccc(NC(=O)C2CNC(=O)CN2)c(C)c1. The van der Waals surface area contributed by atoms with Crippen LogP contribution in [0, 0.1) is 6.92 Å². The Hall–Kier alpha value is -2.08. The first-order chi connectivity index (χ1) is 9.10. The van der Waals surface area contributed by atoms with Gasteiger partial charge >= 0.3 is 0 Å². The molecule has 0 aromatic heterocycles. The van der Waals surface area contributed by atoms with E-state index in [9.17, 15) is 9.59 Å². The maximum absolute atomic E-state index is 12.0. The molecule has 1 aliphatic rings. The Labute approximate surface area is 111 Å². The number of hydrogen-bond donors (Lipinski definition) is 3. The predicted molar refractivity (Wildman–Crippen MR) is 71.2 cm³/mol. The molecule has 1 aliphatic heterocycles. The summed E-state index contributed by atoms with van der Waals surface area (Å²) >= 11 is 0. The number of carbonyl (C=O) groups excluding carboxylic acids is 2. The van der Waals surface area contributed by atoms with E-state index in [1.54, 1.807) is 19.2 Å². The number of methoxy groups -OCH3 is 1. The van der Waals surface area contributed by atoms with Gasteiger partial charge in [0.25, 0.3) is 0 Å². The summed E-state index contributed by atoms with van der Waals surface area (Å²) in [6, 6.07) is 5.04. The second-order valence-electron chi connectivity index (χ2n) is 4.41. The molecule has 0 spiro atoms. The van der Waals surface area contributed by atoms with Gasteiger partial charge in [0.2, 0.25) is 11.8 Å². The lowest BCUT2D eigenvalue weighted by Crippen LogP contribution is -2.56. The summed E-state index contributed by atoms with van der Waals surface area (Å²) in [6.45, 7) is 2.37. The molecule has 1 fully saturated rings. The molecule has 1 unspecified atom stereocenters. The van der Waals surface area contributed by atoms with E-state index < -0.39 is 6.04 Å². The van der Waals surface area contributed by atoms with Gasteiger partial charge in [-0.15, -0.1) is 0 Å². The van der Waals surface area contributed by atoms with Crippen LogP contribution in [0.25, 0.3) is 0 Å². The van der Waals surface area contributed by atoms with E-state index in [1.165, 1.54) is 0 Å². The molecule has 0 saturated carbocycles. The van der Waals surface area contributed by atoms with Crippen LogP contribution < -0.4 is 20.7 Å². The van der Waals surface area contributed by atoms with Crippen molar-refractivity contribution in [1.29, 1.82) is 0 Å². The minimum atomic E-state index is -0.404. The third-order valence-electron chi connectivity index (χ3n) is 3.02. The number of amides is 2.